The molecule has 7 heteroatoms. The van der Waals surface area contributed by atoms with Crippen LogP contribution in [0.4, 0.5) is 0 Å². The fraction of sp³-hybridized carbons (Fsp3) is 0. The third kappa shape index (κ3) is 3.16. The Labute approximate surface area is 85.1 Å². The Morgan fingerprint density at radius 3 is 2.73 bits per heavy atom. The average molecular weight is 210 g/mol. The zero-order valence-corrected chi connectivity index (χ0v) is 7.62. The molecule has 15 heavy (non-hydrogen) atoms. The van der Waals surface area contributed by atoms with E-state index in [-0.39, 0.29) is 17.5 Å². The van der Waals surface area contributed by atoms with Crippen molar-refractivity contribution in [1.29, 1.82) is 0 Å². The van der Waals surface area contributed by atoms with Gasteiger partial charge in [-0.15, -0.1) is 5.10 Å². The molecule has 80 valence electrons. The van der Waals surface area contributed by atoms with Crippen LogP contribution in [0.5, 0.6) is 11.5 Å². The van der Waals surface area contributed by atoms with Gasteiger partial charge in [-0.2, -0.15) is 5.10 Å². The van der Waals surface area contributed by atoms with Crippen molar-refractivity contribution in [2.45, 2.75) is 0 Å². The summed E-state index contributed by atoms with van der Waals surface area (Å²) in [6.45, 7) is 0. The molecule has 0 bridgehead atoms. The lowest BCUT2D eigenvalue weighted by Gasteiger charge is -1.97. The average Bonchev–Trinajstić information content (AvgIpc) is 2.21. The van der Waals surface area contributed by atoms with Gasteiger partial charge in [0.05, 0.1) is 6.21 Å². The molecular formula is C8H10N4O3. The third-order valence-electron chi connectivity index (χ3n) is 1.49. The number of nitrogens with zero attached hydrogens (tertiary/aromatic N) is 2. The largest absolute Gasteiger partial charge is 0.508 e. The lowest BCUT2D eigenvalue weighted by Crippen LogP contribution is -2.27. The van der Waals surface area contributed by atoms with Crippen LogP contribution in [0.1, 0.15) is 5.56 Å². The van der Waals surface area contributed by atoms with Crippen LogP contribution in [-0.4, -0.2) is 27.6 Å². The molecule has 0 amide bonds. The number of aromatic hydroxyl groups is 2. The van der Waals surface area contributed by atoms with E-state index in [1.807, 2.05) is 0 Å². The summed E-state index contributed by atoms with van der Waals surface area (Å²) in [7, 11) is 0. The lowest BCUT2D eigenvalue weighted by atomic mass is 10.2. The molecule has 0 saturated heterocycles. The van der Waals surface area contributed by atoms with Crippen LogP contribution in [0.2, 0.25) is 0 Å². The molecule has 0 aliphatic rings. The monoisotopic (exact) mass is 210 g/mol. The van der Waals surface area contributed by atoms with E-state index >= 15 is 0 Å². The number of benzene rings is 1. The Morgan fingerprint density at radius 1 is 1.40 bits per heavy atom. The van der Waals surface area contributed by atoms with Crippen LogP contribution in [0.25, 0.3) is 0 Å². The van der Waals surface area contributed by atoms with Gasteiger partial charge in [-0.05, 0) is 12.1 Å². The maximum absolute atomic E-state index is 9.32. The fourth-order valence-electron chi connectivity index (χ4n) is 0.817. The van der Waals surface area contributed by atoms with Gasteiger partial charge in [0, 0.05) is 11.6 Å². The molecule has 1 aromatic carbocycles. The molecule has 7 nitrogen and oxygen atoms in total. The first-order chi connectivity index (χ1) is 7.13. The van der Waals surface area contributed by atoms with Gasteiger partial charge in [-0.1, -0.05) is 0 Å². The molecule has 0 aromatic heterocycles. The second-order valence-corrected chi connectivity index (χ2v) is 2.58. The van der Waals surface area contributed by atoms with Gasteiger partial charge in [0.2, 0.25) is 5.96 Å². The molecule has 0 saturated carbocycles. The number of phenolic OH excluding ortho intramolecular Hbond substituents is 2. The van der Waals surface area contributed by atoms with E-state index in [2.05, 4.69) is 10.2 Å². The lowest BCUT2D eigenvalue weighted by molar-refractivity contribution is 0.232. The topological polar surface area (TPSA) is 123 Å². The van der Waals surface area contributed by atoms with Crippen molar-refractivity contribution in [2.75, 3.05) is 0 Å². The molecule has 0 unspecified atom stereocenters. The minimum atomic E-state index is -0.274. The van der Waals surface area contributed by atoms with E-state index in [0.717, 1.165) is 0 Å². The highest BCUT2D eigenvalue weighted by atomic mass is 16.5. The van der Waals surface area contributed by atoms with Crippen molar-refractivity contribution in [3.63, 3.8) is 0 Å². The van der Waals surface area contributed by atoms with Crippen molar-refractivity contribution in [3.05, 3.63) is 23.8 Å². The van der Waals surface area contributed by atoms with E-state index in [9.17, 15) is 5.11 Å². The number of hydrogen-bond acceptors (Lipinski definition) is 5. The number of nitrogens with one attached hydrogen (secondary N) is 1. The summed E-state index contributed by atoms with van der Waals surface area (Å²) in [6, 6.07) is 4.00. The van der Waals surface area contributed by atoms with E-state index in [1.54, 1.807) is 5.48 Å². The maximum atomic E-state index is 9.32. The number of nitrogens with two attached hydrogens (primary N) is 1. The van der Waals surface area contributed by atoms with Crippen LogP contribution in [-0.2, 0) is 0 Å². The first kappa shape index (κ1) is 10.8. The van der Waals surface area contributed by atoms with E-state index in [4.69, 9.17) is 16.0 Å². The first-order valence-electron chi connectivity index (χ1n) is 3.92. The quantitative estimate of drug-likeness (QED) is 0.261. The van der Waals surface area contributed by atoms with Gasteiger partial charge in [-0.3, -0.25) is 5.21 Å². The molecule has 1 rings (SSSR count). The molecule has 0 fully saturated rings. The van der Waals surface area contributed by atoms with Crippen LogP contribution < -0.4 is 11.2 Å². The molecule has 0 spiro atoms. The van der Waals surface area contributed by atoms with E-state index in [1.165, 1.54) is 24.4 Å². The van der Waals surface area contributed by atoms with Gasteiger partial charge >= 0.3 is 0 Å². The number of hydrogen-bond donors (Lipinski definition) is 5. The summed E-state index contributed by atoms with van der Waals surface area (Å²) in [6.07, 6.45) is 1.22. The van der Waals surface area contributed by atoms with Gasteiger partial charge in [-0.25, -0.2) is 5.48 Å². The van der Waals surface area contributed by atoms with Crippen LogP contribution >= 0.6 is 0 Å². The van der Waals surface area contributed by atoms with Crippen LogP contribution in [0.3, 0.4) is 0 Å². The Balaban J connectivity index is 2.81. The van der Waals surface area contributed by atoms with Crippen LogP contribution in [0, 0.1) is 0 Å². The molecule has 0 atom stereocenters. The number of phenols is 2. The summed E-state index contributed by atoms with van der Waals surface area (Å²) < 4.78 is 0. The third-order valence-corrected chi connectivity index (χ3v) is 1.49. The standard InChI is InChI=1S/C8H10N4O3/c9-8(12-15)11-10-4-5-1-2-6(13)3-7(5)14/h1-4,13-15H,(H3,9,11,12)/b10-4+. The van der Waals surface area contributed by atoms with Gasteiger partial charge in [0.25, 0.3) is 0 Å². The minimum Gasteiger partial charge on any atom is -0.508 e. The number of guanidine groups is 1. The summed E-state index contributed by atoms with van der Waals surface area (Å²) in [5.74, 6) is -0.460. The highest BCUT2D eigenvalue weighted by molar-refractivity contribution is 5.84. The van der Waals surface area contributed by atoms with E-state index in [0.29, 0.717) is 5.56 Å². The smallest absolute Gasteiger partial charge is 0.237 e. The SMILES string of the molecule is N/C(=N\N=C\c1ccc(O)cc1O)NO. The van der Waals surface area contributed by atoms with Crippen molar-refractivity contribution in [3.8, 4) is 11.5 Å². The highest BCUT2D eigenvalue weighted by Gasteiger charge is 1.98. The van der Waals surface area contributed by atoms with Gasteiger partial charge in [0.1, 0.15) is 11.5 Å². The Bertz CT molecular complexity index is 403. The molecule has 1 aromatic rings. The summed E-state index contributed by atoms with van der Waals surface area (Å²) in [5.41, 5.74) is 7.02. The maximum Gasteiger partial charge on any atom is 0.237 e. The molecule has 6 N–H and O–H groups in total. The predicted molar refractivity (Wildman–Crippen MR) is 53.9 cm³/mol. The Hall–Kier alpha value is -2.28. The first-order valence-corrected chi connectivity index (χ1v) is 3.92. The van der Waals surface area contributed by atoms with Crippen molar-refractivity contribution >= 4 is 12.2 Å². The number of rotatable bonds is 2. The Kier molecular flexibility index (Phi) is 3.47. The fourth-order valence-corrected chi connectivity index (χ4v) is 0.817. The van der Waals surface area contributed by atoms with E-state index < -0.39 is 0 Å². The van der Waals surface area contributed by atoms with Crippen LogP contribution in [0.15, 0.2) is 28.4 Å². The Morgan fingerprint density at radius 2 is 2.13 bits per heavy atom. The normalized spacial score (nSPS) is 11.9. The van der Waals surface area contributed by atoms with Crippen molar-refractivity contribution in [2.24, 2.45) is 15.9 Å². The second-order valence-electron chi connectivity index (χ2n) is 2.58. The van der Waals surface area contributed by atoms with Crippen molar-refractivity contribution < 1.29 is 15.4 Å². The zero-order valence-electron chi connectivity index (χ0n) is 7.62. The molecular weight excluding hydrogens is 200 g/mol. The van der Waals surface area contributed by atoms with Gasteiger partial charge in [0.15, 0.2) is 0 Å². The summed E-state index contributed by atoms with van der Waals surface area (Å²) in [4.78, 5) is 0. The highest BCUT2D eigenvalue weighted by Crippen LogP contribution is 2.20. The molecule has 0 heterocycles. The second kappa shape index (κ2) is 4.82. The minimum absolute atomic E-state index is 0.0512. The van der Waals surface area contributed by atoms with Gasteiger partial charge < -0.3 is 15.9 Å². The summed E-state index contributed by atoms with van der Waals surface area (Å²) >= 11 is 0. The summed E-state index contributed by atoms with van der Waals surface area (Å²) in [5, 5.41) is 33.4. The molecule has 0 aliphatic heterocycles. The molecule has 0 aliphatic carbocycles. The predicted octanol–water partition coefficient (Wildman–Crippen LogP) is -0.275. The zero-order chi connectivity index (χ0) is 11.3. The van der Waals surface area contributed by atoms with Crippen molar-refractivity contribution in [1.82, 2.24) is 5.48 Å². The molecule has 0 radical (unpaired) electrons. The number of hydroxylamine groups is 1.